The minimum atomic E-state index is -0.956. The van der Waals surface area contributed by atoms with E-state index in [1.165, 1.54) is 4.90 Å². The van der Waals surface area contributed by atoms with E-state index in [1.54, 1.807) is 18.2 Å². The van der Waals surface area contributed by atoms with E-state index in [9.17, 15) is 4.79 Å². The minimum absolute atomic E-state index is 0.0435. The van der Waals surface area contributed by atoms with Crippen LogP contribution in [0.2, 0.25) is 0 Å². The second-order valence-electron chi connectivity index (χ2n) is 3.84. The largest absolute Gasteiger partial charge is 0.465 e. The van der Waals surface area contributed by atoms with Gasteiger partial charge in [0.05, 0.1) is 0 Å². The average molecular weight is 234 g/mol. The molecule has 4 nitrogen and oxygen atoms in total. The second kappa shape index (κ2) is 6.70. The van der Waals surface area contributed by atoms with E-state index in [2.05, 4.69) is 6.58 Å². The summed E-state index contributed by atoms with van der Waals surface area (Å²) >= 11 is 0. The van der Waals surface area contributed by atoms with E-state index in [4.69, 9.17) is 10.8 Å². The molecule has 92 valence electrons. The zero-order chi connectivity index (χ0) is 12.7. The molecule has 0 saturated heterocycles. The van der Waals surface area contributed by atoms with Crippen molar-refractivity contribution in [3.05, 3.63) is 43.0 Å². The third-order valence-corrected chi connectivity index (χ3v) is 2.49. The molecule has 4 heteroatoms. The van der Waals surface area contributed by atoms with Gasteiger partial charge in [-0.05, 0) is 25.0 Å². The summed E-state index contributed by atoms with van der Waals surface area (Å²) in [6.07, 6.45) is 2.11. The number of hydrogen-bond donors (Lipinski definition) is 2. The third-order valence-electron chi connectivity index (χ3n) is 2.49. The summed E-state index contributed by atoms with van der Waals surface area (Å²) in [5.74, 6) is 0. The van der Waals surface area contributed by atoms with Crippen molar-refractivity contribution in [2.24, 2.45) is 5.73 Å². The molecule has 0 heterocycles. The maximum atomic E-state index is 11.1. The van der Waals surface area contributed by atoms with Crippen LogP contribution in [0.4, 0.5) is 10.5 Å². The van der Waals surface area contributed by atoms with Gasteiger partial charge >= 0.3 is 6.09 Å². The maximum Gasteiger partial charge on any atom is 0.411 e. The summed E-state index contributed by atoms with van der Waals surface area (Å²) in [6.45, 7) is 4.01. The smallest absolute Gasteiger partial charge is 0.411 e. The van der Waals surface area contributed by atoms with Gasteiger partial charge in [0.2, 0.25) is 0 Å². The Bertz CT molecular complexity index is 365. The quantitative estimate of drug-likeness (QED) is 0.743. The van der Waals surface area contributed by atoms with Gasteiger partial charge in [-0.15, -0.1) is 6.58 Å². The lowest BCUT2D eigenvalue weighted by molar-refractivity contribution is 0.201. The Balaban J connectivity index is 2.62. The average Bonchev–Trinajstić information content (AvgIpc) is 2.30. The number of nitrogens with two attached hydrogens (primary N) is 1. The van der Waals surface area contributed by atoms with Crippen LogP contribution < -0.4 is 10.6 Å². The predicted molar refractivity (Wildman–Crippen MR) is 69.2 cm³/mol. The standard InChI is InChI=1S/C13H18N2O2/c1-2-6-11(14)9-10-15(13(16)17)12-7-4-3-5-8-12/h2-5,7-8,11H,1,6,9-10,14H2,(H,16,17). The van der Waals surface area contributed by atoms with Crippen molar-refractivity contribution in [2.45, 2.75) is 18.9 Å². The van der Waals surface area contributed by atoms with E-state index in [0.717, 1.165) is 0 Å². The molecule has 1 aromatic carbocycles. The molecule has 0 spiro atoms. The van der Waals surface area contributed by atoms with Crippen LogP contribution in [0.5, 0.6) is 0 Å². The van der Waals surface area contributed by atoms with Gasteiger partial charge in [-0.2, -0.15) is 0 Å². The van der Waals surface area contributed by atoms with Crippen LogP contribution in [-0.2, 0) is 0 Å². The monoisotopic (exact) mass is 234 g/mol. The number of nitrogens with zero attached hydrogens (tertiary/aromatic N) is 1. The highest BCUT2D eigenvalue weighted by Crippen LogP contribution is 2.14. The molecular weight excluding hydrogens is 216 g/mol. The highest BCUT2D eigenvalue weighted by atomic mass is 16.4. The Morgan fingerprint density at radius 1 is 1.47 bits per heavy atom. The first-order valence-corrected chi connectivity index (χ1v) is 5.57. The maximum absolute atomic E-state index is 11.1. The van der Waals surface area contributed by atoms with Gasteiger partial charge in [-0.1, -0.05) is 24.3 Å². The molecule has 0 aliphatic heterocycles. The van der Waals surface area contributed by atoms with Gasteiger partial charge < -0.3 is 10.8 Å². The summed E-state index contributed by atoms with van der Waals surface area (Å²) < 4.78 is 0. The molecule has 0 saturated carbocycles. The van der Waals surface area contributed by atoms with Crippen molar-refractivity contribution in [1.29, 1.82) is 0 Å². The number of amides is 1. The number of para-hydroxylation sites is 1. The van der Waals surface area contributed by atoms with Crippen LogP contribution in [0, 0.1) is 0 Å². The van der Waals surface area contributed by atoms with E-state index in [0.29, 0.717) is 25.1 Å². The molecule has 0 bridgehead atoms. The SMILES string of the molecule is C=CCC(N)CCN(C(=O)O)c1ccccc1. The van der Waals surface area contributed by atoms with E-state index < -0.39 is 6.09 Å². The van der Waals surface area contributed by atoms with Crippen LogP contribution in [-0.4, -0.2) is 23.8 Å². The Kier molecular flexibility index (Phi) is 5.23. The van der Waals surface area contributed by atoms with E-state index >= 15 is 0 Å². The molecule has 17 heavy (non-hydrogen) atoms. The zero-order valence-electron chi connectivity index (χ0n) is 9.75. The molecule has 1 aromatic rings. The molecule has 1 atom stereocenters. The van der Waals surface area contributed by atoms with Crippen molar-refractivity contribution in [1.82, 2.24) is 0 Å². The third kappa shape index (κ3) is 4.28. The van der Waals surface area contributed by atoms with E-state index in [1.807, 2.05) is 18.2 Å². The van der Waals surface area contributed by atoms with Crippen LogP contribution in [0.15, 0.2) is 43.0 Å². The predicted octanol–water partition coefficient (Wildman–Crippen LogP) is 2.46. The van der Waals surface area contributed by atoms with Crippen molar-refractivity contribution < 1.29 is 9.90 Å². The van der Waals surface area contributed by atoms with Crippen LogP contribution >= 0.6 is 0 Å². The van der Waals surface area contributed by atoms with Gasteiger partial charge in [0, 0.05) is 18.3 Å². The van der Waals surface area contributed by atoms with Crippen molar-refractivity contribution in [3.63, 3.8) is 0 Å². The molecule has 1 unspecified atom stereocenters. The minimum Gasteiger partial charge on any atom is -0.465 e. The number of rotatable bonds is 6. The highest BCUT2D eigenvalue weighted by molar-refractivity contribution is 5.85. The fourth-order valence-electron chi connectivity index (χ4n) is 1.57. The van der Waals surface area contributed by atoms with E-state index in [-0.39, 0.29) is 6.04 Å². The fourth-order valence-corrected chi connectivity index (χ4v) is 1.57. The highest BCUT2D eigenvalue weighted by Gasteiger charge is 2.14. The molecular formula is C13H18N2O2. The first-order valence-electron chi connectivity index (χ1n) is 5.57. The number of carbonyl (C=O) groups is 1. The normalized spacial score (nSPS) is 11.8. The topological polar surface area (TPSA) is 66.6 Å². The van der Waals surface area contributed by atoms with Crippen molar-refractivity contribution >= 4 is 11.8 Å². The lowest BCUT2D eigenvalue weighted by Crippen LogP contribution is -2.34. The number of anilines is 1. The van der Waals surface area contributed by atoms with Crippen LogP contribution in [0.1, 0.15) is 12.8 Å². The summed E-state index contributed by atoms with van der Waals surface area (Å²) in [7, 11) is 0. The van der Waals surface area contributed by atoms with Gasteiger partial charge in [-0.25, -0.2) is 4.79 Å². The Hall–Kier alpha value is -1.81. The molecule has 0 aliphatic carbocycles. The Labute approximate surface area is 101 Å². The van der Waals surface area contributed by atoms with Gasteiger partial charge in [0.1, 0.15) is 0 Å². The molecule has 0 radical (unpaired) electrons. The first kappa shape index (κ1) is 13.3. The lowest BCUT2D eigenvalue weighted by Gasteiger charge is -2.20. The van der Waals surface area contributed by atoms with Crippen LogP contribution in [0.3, 0.4) is 0 Å². The Morgan fingerprint density at radius 3 is 2.65 bits per heavy atom. The Morgan fingerprint density at radius 2 is 2.12 bits per heavy atom. The van der Waals surface area contributed by atoms with Gasteiger partial charge in [0.15, 0.2) is 0 Å². The van der Waals surface area contributed by atoms with Crippen LogP contribution in [0.25, 0.3) is 0 Å². The summed E-state index contributed by atoms with van der Waals surface area (Å²) in [6, 6.07) is 8.98. The molecule has 0 aliphatic rings. The number of carboxylic acid groups (broad SMARTS) is 1. The van der Waals surface area contributed by atoms with Crippen molar-refractivity contribution in [2.75, 3.05) is 11.4 Å². The summed E-state index contributed by atoms with van der Waals surface area (Å²) in [5, 5.41) is 9.13. The summed E-state index contributed by atoms with van der Waals surface area (Å²) in [5.41, 5.74) is 6.49. The molecule has 1 rings (SSSR count). The number of benzene rings is 1. The molecule has 1 amide bonds. The fraction of sp³-hybridized carbons (Fsp3) is 0.308. The lowest BCUT2D eigenvalue weighted by atomic mass is 10.1. The summed E-state index contributed by atoms with van der Waals surface area (Å²) in [4.78, 5) is 12.4. The first-order chi connectivity index (χ1) is 8.15. The molecule has 3 N–H and O–H groups in total. The molecule has 0 aromatic heterocycles. The van der Waals surface area contributed by atoms with Gasteiger partial charge in [0.25, 0.3) is 0 Å². The zero-order valence-corrected chi connectivity index (χ0v) is 9.75. The second-order valence-corrected chi connectivity index (χ2v) is 3.84. The van der Waals surface area contributed by atoms with Gasteiger partial charge in [-0.3, -0.25) is 4.90 Å². The number of hydrogen-bond acceptors (Lipinski definition) is 2. The molecule has 0 fully saturated rings. The van der Waals surface area contributed by atoms with Crippen molar-refractivity contribution in [3.8, 4) is 0 Å².